The third-order valence-electron chi connectivity index (χ3n) is 6.54. The van der Waals surface area contributed by atoms with Gasteiger partial charge in [-0.15, -0.1) is 0 Å². The predicted molar refractivity (Wildman–Crippen MR) is 135 cm³/mol. The molecule has 0 aliphatic carbocycles. The van der Waals surface area contributed by atoms with E-state index in [0.29, 0.717) is 24.7 Å². The smallest absolute Gasteiger partial charge is 0.273 e. The van der Waals surface area contributed by atoms with E-state index in [4.69, 9.17) is 4.74 Å². The number of amides is 2. The fourth-order valence-corrected chi connectivity index (χ4v) is 4.52. The standard InChI is InChI=1S/C27H27FN4O5/c1-17-23(32(35)36)11-10-22(28)25(17)26(33)30-21-8-6-19(7-9-21)20-12-15-31(16-13-20)27(34)18(2)37-24-5-3-4-14-29-24/h3-11,14,18,20H,12-13,15-16H2,1-2H3,(H,30,33). The lowest BCUT2D eigenvalue weighted by molar-refractivity contribution is -0.385. The number of rotatable bonds is 7. The maximum Gasteiger partial charge on any atom is 0.273 e. The van der Waals surface area contributed by atoms with Crippen molar-refractivity contribution in [2.45, 2.75) is 38.7 Å². The highest BCUT2D eigenvalue weighted by atomic mass is 19.1. The molecule has 1 N–H and O–H groups in total. The second-order valence-corrected chi connectivity index (χ2v) is 8.93. The molecule has 1 unspecified atom stereocenters. The van der Waals surface area contributed by atoms with Gasteiger partial charge in [0.1, 0.15) is 5.82 Å². The minimum Gasteiger partial charge on any atom is -0.465 e. The molecule has 37 heavy (non-hydrogen) atoms. The summed E-state index contributed by atoms with van der Waals surface area (Å²) in [6, 6.07) is 14.5. The topological polar surface area (TPSA) is 115 Å². The van der Waals surface area contributed by atoms with Gasteiger partial charge in [-0.2, -0.15) is 0 Å². The molecule has 0 radical (unpaired) electrons. The molecule has 2 aromatic carbocycles. The van der Waals surface area contributed by atoms with Crippen LogP contribution in [0.2, 0.25) is 0 Å². The molecule has 2 heterocycles. The molecule has 1 saturated heterocycles. The number of nitrogens with zero attached hydrogens (tertiary/aromatic N) is 3. The molecule has 1 aromatic heterocycles. The van der Waals surface area contributed by atoms with Gasteiger partial charge in [0.25, 0.3) is 17.5 Å². The van der Waals surface area contributed by atoms with Gasteiger partial charge in [0.2, 0.25) is 5.88 Å². The molecule has 0 saturated carbocycles. The highest BCUT2D eigenvalue weighted by Gasteiger charge is 2.28. The molecule has 2 amide bonds. The number of nitro groups is 1. The Morgan fingerprint density at radius 2 is 1.84 bits per heavy atom. The first-order valence-electron chi connectivity index (χ1n) is 12.0. The Morgan fingerprint density at radius 3 is 2.46 bits per heavy atom. The Kier molecular flexibility index (Phi) is 7.76. The van der Waals surface area contributed by atoms with Gasteiger partial charge < -0.3 is 15.0 Å². The molecule has 192 valence electrons. The van der Waals surface area contributed by atoms with Crippen molar-refractivity contribution in [1.82, 2.24) is 9.88 Å². The molecular formula is C27H27FN4O5. The summed E-state index contributed by atoms with van der Waals surface area (Å²) < 4.78 is 19.9. The summed E-state index contributed by atoms with van der Waals surface area (Å²) in [5.74, 6) is -0.990. The van der Waals surface area contributed by atoms with Gasteiger partial charge >= 0.3 is 0 Å². The van der Waals surface area contributed by atoms with Crippen LogP contribution in [-0.4, -0.2) is 45.8 Å². The third-order valence-corrected chi connectivity index (χ3v) is 6.54. The highest BCUT2D eigenvalue weighted by Crippen LogP contribution is 2.30. The molecule has 4 rings (SSSR count). The van der Waals surface area contributed by atoms with Crippen molar-refractivity contribution in [2.75, 3.05) is 18.4 Å². The Balaban J connectivity index is 1.34. The van der Waals surface area contributed by atoms with Crippen molar-refractivity contribution in [2.24, 2.45) is 0 Å². The number of halogens is 1. The maximum atomic E-state index is 14.3. The molecule has 0 bridgehead atoms. The Labute approximate surface area is 213 Å². The van der Waals surface area contributed by atoms with Crippen molar-refractivity contribution < 1.29 is 23.6 Å². The molecule has 1 atom stereocenters. The summed E-state index contributed by atoms with van der Waals surface area (Å²) in [6.45, 7) is 4.27. The zero-order valence-electron chi connectivity index (χ0n) is 20.5. The largest absolute Gasteiger partial charge is 0.465 e. The number of pyridine rings is 1. The number of carbonyl (C=O) groups is 2. The van der Waals surface area contributed by atoms with Crippen LogP contribution in [0.4, 0.5) is 15.8 Å². The van der Waals surface area contributed by atoms with Gasteiger partial charge in [-0.05, 0) is 62.4 Å². The quantitative estimate of drug-likeness (QED) is 0.361. The van der Waals surface area contributed by atoms with Gasteiger partial charge in [0.15, 0.2) is 6.10 Å². The van der Waals surface area contributed by atoms with E-state index in [9.17, 15) is 24.1 Å². The summed E-state index contributed by atoms with van der Waals surface area (Å²) in [4.78, 5) is 41.8. The number of aromatic nitrogens is 1. The molecular weight excluding hydrogens is 479 g/mol. The number of benzene rings is 2. The monoisotopic (exact) mass is 506 g/mol. The summed E-state index contributed by atoms with van der Waals surface area (Å²) >= 11 is 0. The van der Waals surface area contributed by atoms with Crippen molar-refractivity contribution in [1.29, 1.82) is 0 Å². The van der Waals surface area contributed by atoms with E-state index in [1.165, 1.54) is 6.92 Å². The predicted octanol–water partition coefficient (Wildman–Crippen LogP) is 4.86. The van der Waals surface area contributed by atoms with Crippen LogP contribution in [0.5, 0.6) is 5.88 Å². The Bertz CT molecular complexity index is 1290. The zero-order valence-corrected chi connectivity index (χ0v) is 20.5. The summed E-state index contributed by atoms with van der Waals surface area (Å²) in [5, 5.41) is 13.8. The summed E-state index contributed by atoms with van der Waals surface area (Å²) in [5.41, 5.74) is 0.828. The molecule has 1 fully saturated rings. The fourth-order valence-electron chi connectivity index (χ4n) is 4.52. The maximum absolute atomic E-state index is 14.3. The zero-order chi connectivity index (χ0) is 26.5. The number of anilines is 1. The van der Waals surface area contributed by atoms with E-state index < -0.39 is 22.8 Å². The first-order chi connectivity index (χ1) is 17.7. The molecule has 1 aliphatic heterocycles. The second kappa shape index (κ2) is 11.2. The van der Waals surface area contributed by atoms with Crippen LogP contribution in [0.25, 0.3) is 0 Å². The molecule has 0 spiro atoms. The van der Waals surface area contributed by atoms with Crippen LogP contribution in [0.3, 0.4) is 0 Å². The Hall–Kier alpha value is -4.34. The first kappa shape index (κ1) is 25.7. The number of hydrogen-bond donors (Lipinski definition) is 1. The fraction of sp³-hybridized carbons (Fsp3) is 0.296. The van der Waals surface area contributed by atoms with Crippen LogP contribution in [0.1, 0.15) is 47.2 Å². The number of nitrogens with one attached hydrogen (secondary N) is 1. The van der Waals surface area contributed by atoms with Crippen molar-refractivity contribution in [3.05, 3.63) is 93.4 Å². The van der Waals surface area contributed by atoms with Gasteiger partial charge in [0.05, 0.1) is 10.5 Å². The lowest BCUT2D eigenvalue weighted by atomic mass is 9.89. The SMILES string of the molecule is Cc1c([N+](=O)[O-])ccc(F)c1C(=O)Nc1ccc(C2CCN(C(=O)C(C)Oc3ccccn3)CC2)cc1. The second-order valence-electron chi connectivity index (χ2n) is 8.93. The van der Waals surface area contributed by atoms with E-state index in [2.05, 4.69) is 10.3 Å². The van der Waals surface area contributed by atoms with Crippen LogP contribution >= 0.6 is 0 Å². The van der Waals surface area contributed by atoms with Crippen molar-refractivity contribution in [3.63, 3.8) is 0 Å². The first-order valence-corrected chi connectivity index (χ1v) is 12.0. The molecule has 10 heteroatoms. The molecule has 3 aromatic rings. The van der Waals surface area contributed by atoms with Crippen LogP contribution in [-0.2, 0) is 4.79 Å². The van der Waals surface area contributed by atoms with Gasteiger partial charge in [-0.3, -0.25) is 19.7 Å². The number of ether oxygens (including phenoxy) is 1. The number of likely N-dealkylation sites (tertiary alicyclic amines) is 1. The number of hydrogen-bond acceptors (Lipinski definition) is 6. The normalized spacial score (nSPS) is 14.6. The summed E-state index contributed by atoms with van der Waals surface area (Å²) in [6.07, 6.45) is 2.55. The van der Waals surface area contributed by atoms with Crippen molar-refractivity contribution in [3.8, 4) is 5.88 Å². The average Bonchev–Trinajstić information content (AvgIpc) is 2.89. The number of nitro benzene ring substituents is 1. The van der Waals surface area contributed by atoms with Crippen LogP contribution in [0.15, 0.2) is 60.8 Å². The van der Waals surface area contributed by atoms with E-state index in [1.54, 1.807) is 48.4 Å². The third kappa shape index (κ3) is 5.91. The minimum absolute atomic E-state index is 0.0276. The van der Waals surface area contributed by atoms with Crippen molar-refractivity contribution >= 4 is 23.2 Å². The van der Waals surface area contributed by atoms with Gasteiger partial charge in [-0.1, -0.05) is 18.2 Å². The van der Waals surface area contributed by atoms with Gasteiger partial charge in [-0.25, -0.2) is 9.37 Å². The molecule has 1 aliphatic rings. The van der Waals surface area contributed by atoms with E-state index in [-0.39, 0.29) is 28.6 Å². The Morgan fingerprint density at radius 1 is 1.14 bits per heavy atom. The van der Waals surface area contributed by atoms with Crippen LogP contribution in [0, 0.1) is 22.9 Å². The van der Waals surface area contributed by atoms with E-state index in [1.807, 2.05) is 12.1 Å². The van der Waals surface area contributed by atoms with E-state index in [0.717, 1.165) is 30.5 Å². The number of carbonyl (C=O) groups excluding carboxylic acids is 2. The molecule has 9 nitrogen and oxygen atoms in total. The lowest BCUT2D eigenvalue weighted by Crippen LogP contribution is -2.44. The van der Waals surface area contributed by atoms with Crippen LogP contribution < -0.4 is 10.1 Å². The number of piperidine rings is 1. The minimum atomic E-state index is -0.821. The summed E-state index contributed by atoms with van der Waals surface area (Å²) in [7, 11) is 0. The van der Waals surface area contributed by atoms with Gasteiger partial charge in [0, 0.05) is 42.7 Å². The lowest BCUT2D eigenvalue weighted by Gasteiger charge is -2.33. The van der Waals surface area contributed by atoms with E-state index >= 15 is 0 Å². The highest BCUT2D eigenvalue weighted by molar-refractivity contribution is 6.06. The average molecular weight is 507 g/mol.